The van der Waals surface area contributed by atoms with Gasteiger partial charge in [0.2, 0.25) is 0 Å². The molecule has 0 aromatic rings. The third kappa shape index (κ3) is 1.63. The van der Waals surface area contributed by atoms with Crippen LogP contribution in [-0.4, -0.2) is 24.4 Å². The molecule has 0 fully saturated rings. The Morgan fingerprint density at radius 3 is 2.40 bits per heavy atom. The topological polar surface area (TPSA) is 15.3 Å². The predicted molar refractivity (Wildman–Crippen MR) is 29.9 cm³/mol. The largest absolute Gasteiger partial charge is 0.461 e. The Kier molecular flexibility index (Phi) is 1.85. The second-order valence-corrected chi connectivity index (χ2v) is 1.95. The van der Waals surface area contributed by atoms with Crippen LogP contribution in [0.25, 0.3) is 0 Å². The fourth-order valence-corrected chi connectivity index (χ4v) is 0.684. The lowest BCUT2D eigenvalue weighted by atomic mass is 10.5. The average Bonchev–Trinajstić information content (AvgIpc) is 1.88. The van der Waals surface area contributed by atoms with E-state index in [1.54, 1.807) is 0 Å². The summed E-state index contributed by atoms with van der Waals surface area (Å²) in [7, 11) is 0. The molecule has 0 atom stereocenters. The molecule has 0 radical (unpaired) electrons. The summed E-state index contributed by atoms with van der Waals surface area (Å²) in [6, 6.07) is 0. The van der Waals surface area contributed by atoms with Crippen molar-refractivity contribution in [2.24, 2.45) is 0 Å². The standard InChI is InChI=1S/C5H7F3N2/c6-5(7,8)10-3-1-2-9-4-10/h1-2,9H,3-4H2. The summed E-state index contributed by atoms with van der Waals surface area (Å²) in [6.45, 7) is -0.212. The van der Waals surface area contributed by atoms with Gasteiger partial charge >= 0.3 is 6.30 Å². The molecule has 0 amide bonds. The second kappa shape index (κ2) is 2.49. The Morgan fingerprint density at radius 2 is 2.10 bits per heavy atom. The van der Waals surface area contributed by atoms with Crippen molar-refractivity contribution in [2.45, 2.75) is 6.30 Å². The lowest BCUT2D eigenvalue weighted by Crippen LogP contribution is -2.44. The quantitative estimate of drug-likeness (QED) is 0.518. The minimum absolute atomic E-state index is 0.0590. The van der Waals surface area contributed by atoms with Crippen LogP contribution in [0.3, 0.4) is 0 Å². The Balaban J connectivity index is 2.49. The van der Waals surface area contributed by atoms with Gasteiger partial charge in [-0.2, -0.15) is 18.1 Å². The smallest absolute Gasteiger partial charge is 0.378 e. The van der Waals surface area contributed by atoms with E-state index in [0.29, 0.717) is 4.90 Å². The predicted octanol–water partition coefficient (Wildman–Crippen LogP) is 0.883. The van der Waals surface area contributed by atoms with Crippen LogP contribution < -0.4 is 5.32 Å². The van der Waals surface area contributed by atoms with Gasteiger partial charge in [-0.1, -0.05) is 6.08 Å². The van der Waals surface area contributed by atoms with Gasteiger partial charge in [0.1, 0.15) is 0 Å². The van der Waals surface area contributed by atoms with Crippen LogP contribution in [0.2, 0.25) is 0 Å². The van der Waals surface area contributed by atoms with Crippen LogP contribution in [-0.2, 0) is 0 Å². The van der Waals surface area contributed by atoms with Crippen molar-refractivity contribution in [1.82, 2.24) is 10.2 Å². The first kappa shape index (κ1) is 7.40. The summed E-state index contributed by atoms with van der Waals surface area (Å²) >= 11 is 0. The fourth-order valence-electron chi connectivity index (χ4n) is 0.684. The number of halogens is 3. The molecule has 1 rings (SSSR count). The molecule has 0 unspecified atom stereocenters. The molecule has 1 aliphatic heterocycles. The zero-order valence-corrected chi connectivity index (χ0v) is 5.15. The van der Waals surface area contributed by atoms with E-state index in [1.807, 2.05) is 0 Å². The van der Waals surface area contributed by atoms with E-state index in [1.165, 1.54) is 12.3 Å². The number of hydrogen-bond donors (Lipinski definition) is 1. The van der Waals surface area contributed by atoms with Gasteiger partial charge < -0.3 is 5.32 Å². The highest BCUT2D eigenvalue weighted by Gasteiger charge is 2.36. The summed E-state index contributed by atoms with van der Waals surface area (Å²) in [5.41, 5.74) is 0. The number of hydrogen-bond acceptors (Lipinski definition) is 2. The normalized spacial score (nSPS) is 20.7. The van der Waals surface area contributed by atoms with Crippen LogP contribution in [0.1, 0.15) is 0 Å². The monoisotopic (exact) mass is 152 g/mol. The maximum absolute atomic E-state index is 11.8. The zero-order valence-electron chi connectivity index (χ0n) is 5.15. The molecule has 1 N–H and O–H groups in total. The lowest BCUT2D eigenvalue weighted by molar-refractivity contribution is -0.244. The first-order valence-corrected chi connectivity index (χ1v) is 2.81. The number of nitrogens with one attached hydrogen (secondary N) is 1. The van der Waals surface area contributed by atoms with Gasteiger partial charge in [-0.05, 0) is 6.20 Å². The maximum Gasteiger partial charge on any atom is 0.461 e. The van der Waals surface area contributed by atoms with E-state index in [0.717, 1.165) is 0 Å². The van der Waals surface area contributed by atoms with Crippen LogP contribution in [0.15, 0.2) is 12.3 Å². The van der Waals surface area contributed by atoms with Crippen LogP contribution in [0.4, 0.5) is 13.2 Å². The van der Waals surface area contributed by atoms with Gasteiger partial charge in [0.15, 0.2) is 0 Å². The third-order valence-corrected chi connectivity index (χ3v) is 1.20. The lowest BCUT2D eigenvalue weighted by Gasteiger charge is -2.25. The summed E-state index contributed by atoms with van der Waals surface area (Å²) in [6.07, 6.45) is -1.27. The molecule has 0 aliphatic carbocycles. The molecule has 1 aliphatic rings. The van der Waals surface area contributed by atoms with Crippen molar-refractivity contribution in [2.75, 3.05) is 13.2 Å². The fraction of sp³-hybridized carbons (Fsp3) is 0.600. The molecule has 58 valence electrons. The third-order valence-electron chi connectivity index (χ3n) is 1.20. The SMILES string of the molecule is FC(F)(F)N1CC=CNC1. The molecule has 0 saturated heterocycles. The minimum atomic E-state index is -4.21. The Labute approximate surface area is 56.3 Å². The van der Waals surface area contributed by atoms with E-state index in [-0.39, 0.29) is 13.2 Å². The van der Waals surface area contributed by atoms with E-state index in [2.05, 4.69) is 5.32 Å². The van der Waals surface area contributed by atoms with E-state index >= 15 is 0 Å². The minimum Gasteiger partial charge on any atom is -0.378 e. The van der Waals surface area contributed by atoms with Crippen LogP contribution in [0, 0.1) is 0 Å². The van der Waals surface area contributed by atoms with Crippen molar-refractivity contribution in [3.8, 4) is 0 Å². The molecule has 2 nitrogen and oxygen atoms in total. The first-order valence-electron chi connectivity index (χ1n) is 2.81. The summed E-state index contributed by atoms with van der Waals surface area (Å²) in [4.78, 5) is 0.382. The summed E-state index contributed by atoms with van der Waals surface area (Å²) in [5, 5.41) is 2.47. The highest BCUT2D eigenvalue weighted by molar-refractivity contribution is 4.88. The van der Waals surface area contributed by atoms with E-state index in [4.69, 9.17) is 0 Å². The van der Waals surface area contributed by atoms with Crippen molar-refractivity contribution >= 4 is 0 Å². The van der Waals surface area contributed by atoms with Crippen molar-refractivity contribution in [3.63, 3.8) is 0 Å². The molecule has 0 aromatic carbocycles. The summed E-state index contributed by atoms with van der Waals surface area (Å²) < 4.78 is 35.4. The van der Waals surface area contributed by atoms with Crippen LogP contribution >= 0.6 is 0 Å². The first-order chi connectivity index (χ1) is 4.61. The molecule has 1 heterocycles. The highest BCUT2D eigenvalue weighted by Crippen LogP contribution is 2.20. The summed E-state index contributed by atoms with van der Waals surface area (Å²) in [5.74, 6) is 0. The Morgan fingerprint density at radius 1 is 1.40 bits per heavy atom. The zero-order chi connectivity index (χ0) is 7.61. The molecule has 10 heavy (non-hydrogen) atoms. The van der Waals surface area contributed by atoms with Crippen molar-refractivity contribution in [3.05, 3.63) is 12.3 Å². The molecule has 0 bridgehead atoms. The average molecular weight is 152 g/mol. The van der Waals surface area contributed by atoms with Gasteiger partial charge in [0.05, 0.1) is 6.67 Å². The van der Waals surface area contributed by atoms with Gasteiger partial charge in [-0.3, -0.25) is 0 Å². The highest BCUT2D eigenvalue weighted by atomic mass is 19.4. The molecular formula is C5H7F3N2. The van der Waals surface area contributed by atoms with E-state index < -0.39 is 6.30 Å². The second-order valence-electron chi connectivity index (χ2n) is 1.95. The molecule has 5 heteroatoms. The number of nitrogens with zero attached hydrogens (tertiary/aromatic N) is 1. The molecule has 0 spiro atoms. The van der Waals surface area contributed by atoms with Crippen molar-refractivity contribution in [1.29, 1.82) is 0 Å². The molecule has 0 saturated carbocycles. The maximum atomic E-state index is 11.8. The van der Waals surface area contributed by atoms with Gasteiger partial charge in [0, 0.05) is 6.54 Å². The van der Waals surface area contributed by atoms with Crippen molar-refractivity contribution < 1.29 is 13.2 Å². The number of alkyl halides is 3. The molecular weight excluding hydrogens is 145 g/mol. The van der Waals surface area contributed by atoms with E-state index in [9.17, 15) is 13.2 Å². The van der Waals surface area contributed by atoms with Crippen LogP contribution in [0.5, 0.6) is 0 Å². The Hall–Kier alpha value is -0.710. The van der Waals surface area contributed by atoms with Gasteiger partial charge in [-0.25, -0.2) is 0 Å². The Bertz CT molecular complexity index is 140. The number of rotatable bonds is 0. The van der Waals surface area contributed by atoms with Gasteiger partial charge in [0.25, 0.3) is 0 Å². The van der Waals surface area contributed by atoms with Gasteiger partial charge in [-0.15, -0.1) is 0 Å². The molecule has 0 aromatic heterocycles.